The summed E-state index contributed by atoms with van der Waals surface area (Å²) in [5, 5.41) is 3.48. The van der Waals surface area contributed by atoms with Gasteiger partial charge in [-0.05, 0) is 36.2 Å². The fraction of sp³-hybridized carbons (Fsp3) is 1.00. The normalized spacial score (nSPS) is 18.4. The molecule has 0 spiro atoms. The zero-order chi connectivity index (χ0) is 10.3. The van der Waals surface area contributed by atoms with E-state index < -0.39 is 0 Å². The van der Waals surface area contributed by atoms with E-state index in [4.69, 9.17) is 4.74 Å². The molecule has 3 heteroatoms. The van der Waals surface area contributed by atoms with Gasteiger partial charge in [0.25, 0.3) is 0 Å². The van der Waals surface area contributed by atoms with Crippen LogP contribution < -0.4 is 5.32 Å². The second kappa shape index (κ2) is 6.70. The molecule has 0 aromatic heterocycles. The van der Waals surface area contributed by atoms with E-state index in [1.54, 1.807) is 7.11 Å². The number of nitrogens with one attached hydrogen (secondary N) is 1. The van der Waals surface area contributed by atoms with Crippen LogP contribution in [0.15, 0.2) is 0 Å². The van der Waals surface area contributed by atoms with Crippen molar-refractivity contribution in [1.82, 2.24) is 5.32 Å². The number of thioether (sulfide) groups is 1. The molecule has 1 aliphatic carbocycles. The molecule has 0 amide bonds. The smallest absolute Gasteiger partial charge is 0.0587 e. The predicted molar refractivity (Wildman–Crippen MR) is 64.0 cm³/mol. The third-order valence-corrected chi connectivity index (χ3v) is 3.82. The summed E-state index contributed by atoms with van der Waals surface area (Å²) < 4.78 is 5.01. The highest BCUT2D eigenvalue weighted by molar-refractivity contribution is 7.99. The average Bonchev–Trinajstić information content (AvgIpc) is 2.94. The Hall–Kier alpha value is 0.270. The molecule has 0 saturated heterocycles. The summed E-state index contributed by atoms with van der Waals surface area (Å²) in [6, 6.07) is 0. The molecule has 0 radical (unpaired) electrons. The van der Waals surface area contributed by atoms with Gasteiger partial charge >= 0.3 is 0 Å². The Labute approximate surface area is 92.2 Å². The van der Waals surface area contributed by atoms with E-state index in [0.717, 1.165) is 13.2 Å². The van der Waals surface area contributed by atoms with Gasteiger partial charge in [0.05, 0.1) is 6.61 Å². The Morgan fingerprint density at radius 1 is 1.43 bits per heavy atom. The number of hydrogen-bond acceptors (Lipinski definition) is 3. The van der Waals surface area contributed by atoms with Gasteiger partial charge < -0.3 is 10.1 Å². The number of methoxy groups -OCH3 is 1. The molecule has 0 heterocycles. The second-order valence-electron chi connectivity index (χ2n) is 4.12. The molecule has 1 rings (SSSR count). The summed E-state index contributed by atoms with van der Waals surface area (Å²) in [5.74, 6) is 2.59. The van der Waals surface area contributed by atoms with Crippen molar-refractivity contribution in [2.75, 3.05) is 38.3 Å². The van der Waals surface area contributed by atoms with E-state index in [0.29, 0.717) is 5.41 Å². The van der Waals surface area contributed by atoms with Crippen molar-refractivity contribution in [3.8, 4) is 0 Å². The van der Waals surface area contributed by atoms with Crippen LogP contribution in [0.2, 0.25) is 0 Å². The maximum absolute atomic E-state index is 5.01. The van der Waals surface area contributed by atoms with Crippen molar-refractivity contribution in [1.29, 1.82) is 0 Å². The van der Waals surface area contributed by atoms with Crippen LogP contribution in [0.25, 0.3) is 0 Å². The van der Waals surface area contributed by atoms with Gasteiger partial charge in [-0.25, -0.2) is 0 Å². The third-order valence-electron chi connectivity index (χ3n) is 2.92. The van der Waals surface area contributed by atoms with E-state index in [9.17, 15) is 0 Å². The lowest BCUT2D eigenvalue weighted by molar-refractivity contribution is 0.197. The Balaban J connectivity index is 1.98. The topological polar surface area (TPSA) is 21.3 Å². The first-order valence-corrected chi connectivity index (χ1v) is 6.76. The van der Waals surface area contributed by atoms with Crippen LogP contribution in [0.4, 0.5) is 0 Å². The van der Waals surface area contributed by atoms with E-state index in [1.807, 2.05) is 0 Å². The number of rotatable bonds is 9. The minimum absolute atomic E-state index is 0.663. The lowest BCUT2D eigenvalue weighted by atomic mass is 10.0. The van der Waals surface area contributed by atoms with Crippen LogP contribution in [-0.4, -0.2) is 38.3 Å². The van der Waals surface area contributed by atoms with Crippen LogP contribution >= 0.6 is 11.8 Å². The van der Waals surface area contributed by atoms with Crippen LogP contribution in [0.1, 0.15) is 26.2 Å². The third kappa shape index (κ3) is 4.67. The van der Waals surface area contributed by atoms with E-state index in [-0.39, 0.29) is 0 Å². The zero-order valence-corrected chi connectivity index (χ0v) is 10.3. The summed E-state index contributed by atoms with van der Waals surface area (Å²) in [6.45, 7) is 5.26. The molecule has 0 unspecified atom stereocenters. The molecule has 1 fully saturated rings. The quantitative estimate of drug-likeness (QED) is 0.598. The summed E-state index contributed by atoms with van der Waals surface area (Å²) in [6.07, 6.45) is 4.25. The van der Waals surface area contributed by atoms with Gasteiger partial charge in [0.2, 0.25) is 0 Å². The SMILES string of the molecule is CCSCCC1(CNCCOC)CC1. The molecule has 1 saturated carbocycles. The molecule has 2 nitrogen and oxygen atoms in total. The van der Waals surface area contributed by atoms with Gasteiger partial charge in [-0.2, -0.15) is 11.8 Å². The van der Waals surface area contributed by atoms with Crippen LogP contribution in [0.3, 0.4) is 0 Å². The van der Waals surface area contributed by atoms with Gasteiger partial charge in [0.15, 0.2) is 0 Å². The summed E-state index contributed by atoms with van der Waals surface area (Å²) in [4.78, 5) is 0. The molecule has 0 atom stereocenters. The molecule has 0 aliphatic heterocycles. The van der Waals surface area contributed by atoms with E-state index in [2.05, 4.69) is 24.0 Å². The molecular formula is C11H23NOS. The maximum Gasteiger partial charge on any atom is 0.0587 e. The summed E-state index contributed by atoms with van der Waals surface area (Å²) >= 11 is 2.07. The zero-order valence-electron chi connectivity index (χ0n) is 9.47. The van der Waals surface area contributed by atoms with Crippen LogP contribution in [0, 0.1) is 5.41 Å². The van der Waals surface area contributed by atoms with Crippen molar-refractivity contribution < 1.29 is 4.74 Å². The fourth-order valence-corrected chi connectivity index (χ4v) is 2.52. The average molecular weight is 217 g/mol. The Bertz CT molecular complexity index is 148. The van der Waals surface area contributed by atoms with E-state index in [1.165, 1.54) is 37.3 Å². The van der Waals surface area contributed by atoms with Crippen molar-refractivity contribution >= 4 is 11.8 Å². The standard InChI is InChI=1S/C11H23NOS/c1-3-14-9-6-11(4-5-11)10-12-7-8-13-2/h12H,3-10H2,1-2H3. The minimum atomic E-state index is 0.663. The van der Waals surface area contributed by atoms with Crippen molar-refractivity contribution in [2.24, 2.45) is 5.41 Å². The predicted octanol–water partition coefficient (Wildman–Crippen LogP) is 2.15. The molecule has 14 heavy (non-hydrogen) atoms. The van der Waals surface area contributed by atoms with Gasteiger partial charge in [-0.1, -0.05) is 6.92 Å². The maximum atomic E-state index is 5.01. The molecule has 84 valence electrons. The highest BCUT2D eigenvalue weighted by Crippen LogP contribution is 2.48. The molecule has 1 N–H and O–H groups in total. The van der Waals surface area contributed by atoms with Gasteiger partial charge in [-0.15, -0.1) is 0 Å². The van der Waals surface area contributed by atoms with E-state index >= 15 is 0 Å². The van der Waals surface area contributed by atoms with Crippen molar-refractivity contribution in [3.63, 3.8) is 0 Å². The Kier molecular flexibility index (Phi) is 5.90. The first-order valence-electron chi connectivity index (χ1n) is 5.60. The highest BCUT2D eigenvalue weighted by atomic mass is 32.2. The summed E-state index contributed by atoms with van der Waals surface area (Å²) in [7, 11) is 1.76. The number of hydrogen-bond donors (Lipinski definition) is 1. The Morgan fingerprint density at radius 3 is 2.79 bits per heavy atom. The van der Waals surface area contributed by atoms with Crippen LogP contribution in [0.5, 0.6) is 0 Å². The first-order chi connectivity index (χ1) is 6.83. The van der Waals surface area contributed by atoms with Crippen molar-refractivity contribution in [2.45, 2.75) is 26.2 Å². The van der Waals surface area contributed by atoms with Gasteiger partial charge in [-0.3, -0.25) is 0 Å². The van der Waals surface area contributed by atoms with Gasteiger partial charge in [0.1, 0.15) is 0 Å². The largest absolute Gasteiger partial charge is 0.383 e. The highest BCUT2D eigenvalue weighted by Gasteiger charge is 2.41. The van der Waals surface area contributed by atoms with Gasteiger partial charge in [0, 0.05) is 20.2 Å². The molecule has 0 bridgehead atoms. The molecule has 1 aliphatic rings. The lowest BCUT2D eigenvalue weighted by Crippen LogP contribution is -2.27. The fourth-order valence-electron chi connectivity index (χ4n) is 1.65. The second-order valence-corrected chi connectivity index (χ2v) is 5.51. The number of ether oxygens (including phenoxy) is 1. The molecule has 0 aromatic carbocycles. The first kappa shape index (κ1) is 12.3. The summed E-state index contributed by atoms with van der Waals surface area (Å²) in [5.41, 5.74) is 0.663. The Morgan fingerprint density at radius 2 is 2.21 bits per heavy atom. The molecular weight excluding hydrogens is 194 g/mol. The monoisotopic (exact) mass is 217 g/mol. The minimum Gasteiger partial charge on any atom is -0.383 e. The molecule has 0 aromatic rings. The lowest BCUT2D eigenvalue weighted by Gasteiger charge is -2.15. The van der Waals surface area contributed by atoms with Crippen LogP contribution in [-0.2, 0) is 4.74 Å². The van der Waals surface area contributed by atoms with Crippen molar-refractivity contribution in [3.05, 3.63) is 0 Å².